The van der Waals surface area contributed by atoms with Crippen LogP contribution in [0.5, 0.6) is 0 Å². The van der Waals surface area contributed by atoms with Crippen LogP contribution < -0.4 is 4.72 Å². The summed E-state index contributed by atoms with van der Waals surface area (Å²) in [7, 11) is -4.14. The van der Waals surface area contributed by atoms with Crippen molar-refractivity contribution in [1.29, 1.82) is 0 Å². The zero-order valence-corrected chi connectivity index (χ0v) is 12.1. The van der Waals surface area contributed by atoms with Gasteiger partial charge in [-0.15, -0.1) is 5.10 Å². The number of nitrogens with one attached hydrogen (secondary N) is 1. The highest BCUT2D eigenvalue weighted by atomic mass is 79.9. The third-order valence-electron chi connectivity index (χ3n) is 2.22. The molecule has 1 heterocycles. The predicted octanol–water partition coefficient (Wildman–Crippen LogP) is 1.95. The van der Waals surface area contributed by atoms with Gasteiger partial charge in [-0.3, -0.25) is 14.8 Å². The van der Waals surface area contributed by atoms with Gasteiger partial charge in [0.15, 0.2) is 10.7 Å². The van der Waals surface area contributed by atoms with Crippen molar-refractivity contribution in [2.45, 2.75) is 4.90 Å². The fourth-order valence-electron chi connectivity index (χ4n) is 1.40. The molecular formula is C10H7BrN4O4S. The van der Waals surface area contributed by atoms with Crippen molar-refractivity contribution in [1.82, 2.24) is 10.2 Å². The van der Waals surface area contributed by atoms with Crippen molar-refractivity contribution in [3.8, 4) is 0 Å². The van der Waals surface area contributed by atoms with Gasteiger partial charge in [-0.1, -0.05) is 15.9 Å². The van der Waals surface area contributed by atoms with Crippen LogP contribution in [0.3, 0.4) is 0 Å². The van der Waals surface area contributed by atoms with E-state index in [4.69, 9.17) is 0 Å². The minimum atomic E-state index is -4.14. The van der Waals surface area contributed by atoms with Crippen molar-refractivity contribution < 1.29 is 13.3 Å². The van der Waals surface area contributed by atoms with Gasteiger partial charge < -0.3 is 0 Å². The van der Waals surface area contributed by atoms with Crippen molar-refractivity contribution in [2.75, 3.05) is 4.72 Å². The molecule has 0 bridgehead atoms. The van der Waals surface area contributed by atoms with Crippen LogP contribution >= 0.6 is 15.9 Å². The number of rotatable bonds is 4. The molecule has 1 aromatic heterocycles. The smallest absolute Gasteiger partial charge is 0.262 e. The summed E-state index contributed by atoms with van der Waals surface area (Å²) in [5, 5.41) is 18.0. The van der Waals surface area contributed by atoms with E-state index in [2.05, 4.69) is 30.8 Å². The average Bonchev–Trinajstić information content (AvgIpc) is 2.39. The first kappa shape index (κ1) is 14.3. The second-order valence-corrected chi connectivity index (χ2v) is 6.15. The van der Waals surface area contributed by atoms with Crippen molar-refractivity contribution in [2.24, 2.45) is 0 Å². The quantitative estimate of drug-likeness (QED) is 0.659. The number of halogens is 1. The molecule has 0 aliphatic carbocycles. The lowest BCUT2D eigenvalue weighted by Gasteiger charge is -2.07. The summed E-state index contributed by atoms with van der Waals surface area (Å²) in [5.74, 6) is -0.0261. The molecule has 104 valence electrons. The minimum absolute atomic E-state index is 0.0261. The van der Waals surface area contributed by atoms with Crippen LogP contribution in [0, 0.1) is 10.1 Å². The fraction of sp³-hybridized carbons (Fsp3) is 0. The third kappa shape index (κ3) is 3.08. The van der Waals surface area contributed by atoms with Crippen LogP contribution in [-0.2, 0) is 10.0 Å². The Bertz CT molecular complexity index is 751. The van der Waals surface area contributed by atoms with Crippen LogP contribution in [0.1, 0.15) is 0 Å². The molecule has 0 aliphatic heterocycles. The standard InChI is InChI=1S/C10H7BrN4O4S/c11-7-3-4-8(15(16)17)9(6-7)20(18,19)14-10-2-1-5-12-13-10/h1-6H,(H,13,14). The first-order valence-corrected chi connectivity index (χ1v) is 7.42. The van der Waals surface area contributed by atoms with Crippen LogP contribution in [0.15, 0.2) is 45.9 Å². The van der Waals surface area contributed by atoms with E-state index in [1.807, 2.05) is 0 Å². The van der Waals surface area contributed by atoms with E-state index in [0.29, 0.717) is 4.47 Å². The van der Waals surface area contributed by atoms with Crippen molar-refractivity contribution >= 4 is 37.5 Å². The van der Waals surface area contributed by atoms with E-state index in [1.54, 1.807) is 0 Å². The summed E-state index contributed by atoms with van der Waals surface area (Å²) < 4.78 is 26.9. The molecular weight excluding hydrogens is 352 g/mol. The molecule has 20 heavy (non-hydrogen) atoms. The number of nitro groups is 1. The van der Waals surface area contributed by atoms with Gasteiger partial charge in [0, 0.05) is 16.7 Å². The SMILES string of the molecule is O=[N+]([O-])c1ccc(Br)cc1S(=O)(=O)Nc1cccnn1. The maximum atomic E-state index is 12.2. The Labute approximate surface area is 122 Å². The summed E-state index contributed by atoms with van der Waals surface area (Å²) in [6.07, 6.45) is 1.37. The van der Waals surface area contributed by atoms with Gasteiger partial charge in [-0.25, -0.2) is 8.42 Å². The zero-order chi connectivity index (χ0) is 14.8. The highest BCUT2D eigenvalue weighted by molar-refractivity contribution is 9.10. The van der Waals surface area contributed by atoms with Gasteiger partial charge in [0.2, 0.25) is 0 Å². The molecule has 10 heteroatoms. The maximum absolute atomic E-state index is 12.2. The largest absolute Gasteiger partial charge is 0.289 e. The number of hydrogen-bond donors (Lipinski definition) is 1. The second kappa shape index (κ2) is 5.51. The first-order chi connectivity index (χ1) is 9.40. The highest BCUT2D eigenvalue weighted by Gasteiger charge is 2.26. The normalized spacial score (nSPS) is 11.1. The maximum Gasteiger partial charge on any atom is 0.289 e. The molecule has 0 spiro atoms. The molecule has 0 unspecified atom stereocenters. The van der Waals surface area contributed by atoms with Crippen molar-refractivity contribution in [3.05, 3.63) is 51.1 Å². The average molecular weight is 359 g/mol. The summed E-state index contributed by atoms with van der Waals surface area (Å²) in [5.41, 5.74) is -0.524. The molecule has 0 saturated heterocycles. The van der Waals surface area contributed by atoms with Gasteiger partial charge in [0.05, 0.1) is 4.92 Å². The molecule has 8 nitrogen and oxygen atoms in total. The molecule has 2 aromatic rings. The van der Waals surface area contributed by atoms with E-state index in [0.717, 1.165) is 12.1 Å². The lowest BCUT2D eigenvalue weighted by molar-refractivity contribution is -0.387. The number of benzene rings is 1. The Morgan fingerprint density at radius 1 is 1.30 bits per heavy atom. The van der Waals surface area contributed by atoms with E-state index in [9.17, 15) is 18.5 Å². The molecule has 0 aliphatic rings. The monoisotopic (exact) mass is 358 g/mol. The van der Waals surface area contributed by atoms with Crippen LogP contribution in [-0.4, -0.2) is 23.5 Å². The predicted molar refractivity (Wildman–Crippen MR) is 73.6 cm³/mol. The van der Waals surface area contributed by atoms with E-state index in [1.165, 1.54) is 24.4 Å². The number of sulfonamides is 1. The molecule has 0 saturated carbocycles. The lowest BCUT2D eigenvalue weighted by atomic mass is 10.3. The Balaban J connectivity index is 2.49. The second-order valence-electron chi connectivity index (χ2n) is 3.58. The summed E-state index contributed by atoms with van der Waals surface area (Å²) >= 11 is 3.08. The van der Waals surface area contributed by atoms with Gasteiger partial charge in [-0.05, 0) is 24.3 Å². The number of anilines is 1. The Kier molecular flexibility index (Phi) is 3.95. The molecule has 0 fully saturated rings. The number of nitrogens with zero attached hydrogens (tertiary/aromatic N) is 3. The third-order valence-corrected chi connectivity index (χ3v) is 4.10. The summed E-state index contributed by atoms with van der Waals surface area (Å²) in [6.45, 7) is 0. The number of nitro benzene ring substituents is 1. The molecule has 2 rings (SSSR count). The lowest BCUT2D eigenvalue weighted by Crippen LogP contribution is -2.15. The van der Waals surface area contributed by atoms with Crippen molar-refractivity contribution in [3.63, 3.8) is 0 Å². The van der Waals surface area contributed by atoms with E-state index >= 15 is 0 Å². The van der Waals surface area contributed by atoms with Gasteiger partial charge in [0.25, 0.3) is 15.7 Å². The first-order valence-electron chi connectivity index (χ1n) is 5.14. The van der Waals surface area contributed by atoms with Crippen LogP contribution in [0.2, 0.25) is 0 Å². The number of hydrogen-bond acceptors (Lipinski definition) is 6. The molecule has 0 atom stereocenters. The number of aromatic nitrogens is 2. The van der Waals surface area contributed by atoms with Crippen LogP contribution in [0.25, 0.3) is 0 Å². The molecule has 1 N–H and O–H groups in total. The zero-order valence-electron chi connectivity index (χ0n) is 9.72. The molecule has 0 radical (unpaired) electrons. The van der Waals surface area contributed by atoms with E-state index < -0.39 is 25.5 Å². The topological polar surface area (TPSA) is 115 Å². The van der Waals surface area contributed by atoms with Gasteiger partial charge in [0.1, 0.15) is 0 Å². The fourth-order valence-corrected chi connectivity index (χ4v) is 3.11. The van der Waals surface area contributed by atoms with Crippen LogP contribution in [0.4, 0.5) is 11.5 Å². The Morgan fingerprint density at radius 3 is 2.65 bits per heavy atom. The van der Waals surface area contributed by atoms with Gasteiger partial charge in [-0.2, -0.15) is 5.10 Å². The van der Waals surface area contributed by atoms with E-state index in [-0.39, 0.29) is 5.82 Å². The molecule has 1 aromatic carbocycles. The Morgan fingerprint density at radius 2 is 2.05 bits per heavy atom. The minimum Gasteiger partial charge on any atom is -0.262 e. The van der Waals surface area contributed by atoms with Gasteiger partial charge >= 0.3 is 0 Å². The summed E-state index contributed by atoms with van der Waals surface area (Å²) in [4.78, 5) is 9.68. The molecule has 0 amide bonds. The Hall–Kier alpha value is -2.07. The highest BCUT2D eigenvalue weighted by Crippen LogP contribution is 2.28. The summed E-state index contributed by atoms with van der Waals surface area (Å²) in [6, 6.07) is 6.51.